The van der Waals surface area contributed by atoms with Gasteiger partial charge in [0.05, 0.1) is 0 Å². The minimum atomic E-state index is -0.555. The number of aromatic nitrogens is 2. The van der Waals surface area contributed by atoms with Crippen LogP contribution in [0.2, 0.25) is 0 Å². The first-order valence-electron chi connectivity index (χ1n) is 4.43. The smallest absolute Gasteiger partial charge is 0.284 e. The number of hydrogen-bond donors (Lipinski definition) is 2. The molecule has 0 radical (unpaired) electrons. The Labute approximate surface area is 82.6 Å². The minimum Gasteiger partial charge on any atom is -0.396 e. The van der Waals surface area contributed by atoms with Gasteiger partial charge < -0.3 is 15.4 Å². The minimum absolute atomic E-state index is 0.0589. The molecular formula is C9H15N3O2. The van der Waals surface area contributed by atoms with E-state index in [-0.39, 0.29) is 18.0 Å². The van der Waals surface area contributed by atoms with Gasteiger partial charge in [-0.1, -0.05) is 0 Å². The molecule has 0 unspecified atom stereocenters. The van der Waals surface area contributed by atoms with Crippen LogP contribution >= 0.6 is 0 Å². The van der Waals surface area contributed by atoms with Gasteiger partial charge in [0.2, 0.25) is 0 Å². The van der Waals surface area contributed by atoms with Crippen LogP contribution in [0.5, 0.6) is 0 Å². The summed E-state index contributed by atoms with van der Waals surface area (Å²) in [6.45, 7) is 3.89. The summed E-state index contributed by atoms with van der Waals surface area (Å²) in [5.74, 6) is -0.329. The molecule has 1 heterocycles. The van der Waals surface area contributed by atoms with Crippen LogP contribution in [0, 0.1) is 0 Å². The zero-order valence-electron chi connectivity index (χ0n) is 8.40. The lowest BCUT2D eigenvalue weighted by molar-refractivity contribution is 0.0974. The van der Waals surface area contributed by atoms with Crippen molar-refractivity contribution in [3.05, 3.63) is 18.2 Å². The molecule has 0 aliphatic heterocycles. The van der Waals surface area contributed by atoms with E-state index in [1.807, 2.05) is 13.8 Å². The maximum absolute atomic E-state index is 11.0. The molecule has 1 aromatic heterocycles. The number of aliphatic hydroxyl groups is 1. The molecule has 1 amide bonds. The van der Waals surface area contributed by atoms with E-state index < -0.39 is 5.91 Å². The molecule has 0 aliphatic carbocycles. The Morgan fingerprint density at radius 2 is 2.36 bits per heavy atom. The number of amides is 1. The van der Waals surface area contributed by atoms with E-state index in [2.05, 4.69) is 4.98 Å². The normalized spacial score (nSPS) is 11.6. The van der Waals surface area contributed by atoms with Crippen LogP contribution in [0.15, 0.2) is 12.4 Å². The number of rotatable bonds is 4. The van der Waals surface area contributed by atoms with Gasteiger partial charge in [-0.15, -0.1) is 0 Å². The van der Waals surface area contributed by atoms with Gasteiger partial charge in [-0.2, -0.15) is 0 Å². The summed E-state index contributed by atoms with van der Waals surface area (Å²) >= 11 is 0. The first-order valence-corrected chi connectivity index (χ1v) is 4.43. The molecule has 1 rings (SSSR count). The van der Waals surface area contributed by atoms with Crippen molar-refractivity contribution in [2.45, 2.75) is 25.8 Å². The third kappa shape index (κ3) is 1.93. The Kier molecular flexibility index (Phi) is 2.90. The Hall–Kier alpha value is -1.36. The second-order valence-electron chi connectivity index (χ2n) is 3.77. The van der Waals surface area contributed by atoms with Crippen LogP contribution in [0.1, 0.15) is 30.9 Å². The molecule has 1 aromatic rings. The summed E-state index contributed by atoms with van der Waals surface area (Å²) in [4.78, 5) is 14.9. The van der Waals surface area contributed by atoms with E-state index in [4.69, 9.17) is 10.8 Å². The van der Waals surface area contributed by atoms with Crippen molar-refractivity contribution in [2.24, 2.45) is 5.73 Å². The monoisotopic (exact) mass is 197 g/mol. The third-order valence-corrected chi connectivity index (χ3v) is 2.24. The van der Waals surface area contributed by atoms with Crippen LogP contribution in [-0.4, -0.2) is 27.2 Å². The molecule has 14 heavy (non-hydrogen) atoms. The lowest BCUT2D eigenvalue weighted by atomic mass is 10.0. The van der Waals surface area contributed by atoms with Crippen LogP contribution in [0.4, 0.5) is 0 Å². The molecule has 0 aromatic carbocycles. The number of aliphatic hydroxyl groups excluding tert-OH is 1. The third-order valence-electron chi connectivity index (χ3n) is 2.24. The van der Waals surface area contributed by atoms with Crippen molar-refractivity contribution in [2.75, 3.05) is 6.61 Å². The zero-order valence-corrected chi connectivity index (χ0v) is 8.40. The predicted octanol–water partition coefficient (Wildman–Crippen LogP) is 0.0995. The van der Waals surface area contributed by atoms with Crippen molar-refractivity contribution < 1.29 is 9.90 Å². The Bertz CT molecular complexity index is 331. The van der Waals surface area contributed by atoms with Crippen molar-refractivity contribution in [1.29, 1.82) is 0 Å². The predicted molar refractivity (Wildman–Crippen MR) is 51.8 cm³/mol. The highest BCUT2D eigenvalue weighted by atomic mass is 16.3. The first kappa shape index (κ1) is 10.7. The van der Waals surface area contributed by atoms with E-state index in [9.17, 15) is 4.79 Å². The quantitative estimate of drug-likeness (QED) is 0.718. The molecule has 3 N–H and O–H groups in total. The number of hydrogen-bond acceptors (Lipinski definition) is 3. The number of primary amides is 1. The van der Waals surface area contributed by atoms with Crippen LogP contribution in [0.25, 0.3) is 0 Å². The molecule has 0 fully saturated rings. The molecule has 5 nitrogen and oxygen atoms in total. The average Bonchev–Trinajstić information content (AvgIpc) is 2.51. The number of imidazole rings is 1. The van der Waals surface area contributed by atoms with Crippen LogP contribution in [-0.2, 0) is 5.54 Å². The second-order valence-corrected chi connectivity index (χ2v) is 3.77. The lowest BCUT2D eigenvalue weighted by Crippen LogP contribution is -2.32. The summed E-state index contributed by atoms with van der Waals surface area (Å²) < 4.78 is 1.69. The Morgan fingerprint density at radius 3 is 2.86 bits per heavy atom. The summed E-state index contributed by atoms with van der Waals surface area (Å²) in [5, 5.41) is 8.88. The van der Waals surface area contributed by atoms with Gasteiger partial charge in [0.15, 0.2) is 5.82 Å². The largest absolute Gasteiger partial charge is 0.396 e. The van der Waals surface area contributed by atoms with Crippen molar-refractivity contribution in [3.8, 4) is 0 Å². The molecular weight excluding hydrogens is 182 g/mol. The first-order chi connectivity index (χ1) is 6.49. The zero-order chi connectivity index (χ0) is 10.8. The van der Waals surface area contributed by atoms with Gasteiger partial charge in [-0.05, 0) is 20.3 Å². The fourth-order valence-corrected chi connectivity index (χ4v) is 1.37. The van der Waals surface area contributed by atoms with Gasteiger partial charge in [-0.3, -0.25) is 4.79 Å². The van der Waals surface area contributed by atoms with Gasteiger partial charge in [0.25, 0.3) is 5.91 Å². The van der Waals surface area contributed by atoms with Crippen LogP contribution < -0.4 is 5.73 Å². The van der Waals surface area contributed by atoms with E-state index in [1.54, 1.807) is 10.8 Å². The Balaban J connectivity index is 3.05. The van der Waals surface area contributed by atoms with E-state index >= 15 is 0 Å². The number of nitrogens with zero attached hydrogens (tertiary/aromatic N) is 2. The highest BCUT2D eigenvalue weighted by Gasteiger charge is 2.23. The average molecular weight is 197 g/mol. The van der Waals surface area contributed by atoms with E-state index in [0.29, 0.717) is 6.42 Å². The maximum Gasteiger partial charge on any atom is 0.284 e. The van der Waals surface area contributed by atoms with E-state index in [0.717, 1.165) is 0 Å². The topological polar surface area (TPSA) is 81.1 Å². The highest BCUT2D eigenvalue weighted by Crippen LogP contribution is 2.20. The SMILES string of the molecule is CC(C)(CCO)n1ccnc1C(N)=O. The molecule has 5 heteroatoms. The fourth-order valence-electron chi connectivity index (χ4n) is 1.37. The highest BCUT2D eigenvalue weighted by molar-refractivity contribution is 5.89. The maximum atomic E-state index is 11.0. The van der Waals surface area contributed by atoms with Crippen molar-refractivity contribution >= 4 is 5.91 Å². The molecule has 0 aliphatic rings. The standard InChI is InChI=1S/C9H15N3O2/c1-9(2,3-6-13)12-5-4-11-8(12)7(10)14/h4-5,13H,3,6H2,1-2H3,(H2,10,14). The number of carbonyl (C=O) groups excluding carboxylic acids is 1. The van der Waals surface area contributed by atoms with E-state index in [1.165, 1.54) is 6.20 Å². The molecule has 0 bridgehead atoms. The Morgan fingerprint density at radius 1 is 1.71 bits per heavy atom. The summed E-state index contributed by atoms with van der Waals surface area (Å²) in [7, 11) is 0. The van der Waals surface area contributed by atoms with Crippen LogP contribution in [0.3, 0.4) is 0 Å². The van der Waals surface area contributed by atoms with Gasteiger partial charge in [-0.25, -0.2) is 4.98 Å². The summed E-state index contributed by atoms with van der Waals surface area (Å²) in [6.07, 6.45) is 3.76. The van der Waals surface area contributed by atoms with Gasteiger partial charge in [0.1, 0.15) is 0 Å². The van der Waals surface area contributed by atoms with Crippen molar-refractivity contribution in [1.82, 2.24) is 9.55 Å². The summed E-state index contributed by atoms with van der Waals surface area (Å²) in [6, 6.07) is 0. The molecule has 0 atom stereocenters. The number of carbonyl (C=O) groups is 1. The number of nitrogens with two attached hydrogens (primary N) is 1. The molecule has 0 saturated heterocycles. The lowest BCUT2D eigenvalue weighted by Gasteiger charge is -2.26. The fraction of sp³-hybridized carbons (Fsp3) is 0.556. The van der Waals surface area contributed by atoms with Gasteiger partial charge in [0, 0.05) is 24.5 Å². The molecule has 78 valence electrons. The van der Waals surface area contributed by atoms with Crippen molar-refractivity contribution in [3.63, 3.8) is 0 Å². The molecule has 0 spiro atoms. The second kappa shape index (κ2) is 3.79. The van der Waals surface area contributed by atoms with Gasteiger partial charge >= 0.3 is 0 Å². The molecule has 0 saturated carbocycles. The summed E-state index contributed by atoms with van der Waals surface area (Å²) in [5.41, 5.74) is 4.82.